The number of rotatable bonds is 7. The minimum Gasteiger partial charge on any atom is -0.422 e. The van der Waals surface area contributed by atoms with Crippen molar-refractivity contribution in [3.63, 3.8) is 0 Å². The minimum atomic E-state index is -0.679. The van der Waals surface area contributed by atoms with Crippen molar-refractivity contribution in [1.29, 1.82) is 0 Å². The van der Waals surface area contributed by atoms with Crippen LogP contribution in [0.1, 0.15) is 0 Å². The van der Waals surface area contributed by atoms with Crippen LogP contribution in [0.2, 0.25) is 0 Å². The number of benzene rings is 2. The number of carbonyl (C=O) groups is 1. The lowest BCUT2D eigenvalue weighted by molar-refractivity contribution is -0.384. The molecule has 6 rings (SSSR count). The molecule has 17 heteroatoms. The average Bonchev–Trinajstić information content (AvgIpc) is 3.45. The maximum absolute atomic E-state index is 12.7. The molecule has 0 spiro atoms. The van der Waals surface area contributed by atoms with Crippen molar-refractivity contribution in [2.75, 3.05) is 41.8 Å². The number of hydrogen-bond acceptors (Lipinski definition) is 14. The van der Waals surface area contributed by atoms with Gasteiger partial charge in [0.1, 0.15) is 11.1 Å². The normalized spacial score (nSPS) is 13.2. The smallest absolute Gasteiger partial charge is 0.349 e. The molecule has 3 aromatic heterocycles. The Hall–Kier alpha value is -5.42. The van der Waals surface area contributed by atoms with E-state index in [1.165, 1.54) is 24.3 Å². The molecule has 0 bridgehead atoms. The predicted octanol–water partition coefficient (Wildman–Crippen LogP) is 3.57. The molecule has 0 aliphatic carbocycles. The summed E-state index contributed by atoms with van der Waals surface area (Å²) in [7, 11) is 0. The zero-order valence-corrected chi connectivity index (χ0v) is 22.2. The molecule has 0 radical (unpaired) electrons. The van der Waals surface area contributed by atoms with Crippen LogP contribution in [-0.2, 0) is 4.74 Å². The van der Waals surface area contributed by atoms with Crippen LogP contribution in [0.4, 0.5) is 28.1 Å². The van der Waals surface area contributed by atoms with Crippen molar-refractivity contribution < 1.29 is 23.3 Å². The highest BCUT2D eigenvalue weighted by Gasteiger charge is 2.21. The van der Waals surface area contributed by atoms with Gasteiger partial charge in [0.25, 0.3) is 16.8 Å². The number of nitrogens with one attached hydrogen (secondary N) is 2. The lowest BCUT2D eigenvalue weighted by atomic mass is 10.2. The van der Waals surface area contributed by atoms with Crippen molar-refractivity contribution >= 4 is 52.0 Å². The van der Waals surface area contributed by atoms with E-state index in [2.05, 4.69) is 35.8 Å². The molecule has 2 amide bonds. The fraction of sp³-hybridized carbons (Fsp3) is 0.160. The van der Waals surface area contributed by atoms with Crippen LogP contribution in [0.15, 0.2) is 78.6 Å². The summed E-state index contributed by atoms with van der Waals surface area (Å²) < 4.78 is 16.5. The van der Waals surface area contributed by atoms with Crippen LogP contribution in [0.3, 0.4) is 0 Å². The second kappa shape index (κ2) is 11.6. The lowest BCUT2D eigenvalue weighted by Gasteiger charge is -2.26. The molecule has 212 valence electrons. The van der Waals surface area contributed by atoms with Gasteiger partial charge in [-0.05, 0) is 24.3 Å². The molecule has 1 saturated heterocycles. The third-order valence-corrected chi connectivity index (χ3v) is 6.62. The van der Waals surface area contributed by atoms with Gasteiger partial charge in [-0.3, -0.25) is 15.4 Å². The van der Waals surface area contributed by atoms with Crippen molar-refractivity contribution in [2.24, 2.45) is 0 Å². The molecule has 4 heterocycles. The molecule has 1 fully saturated rings. The molecular weight excluding hydrogens is 570 g/mol. The van der Waals surface area contributed by atoms with Crippen LogP contribution >= 0.6 is 11.8 Å². The first-order valence-corrected chi connectivity index (χ1v) is 13.2. The number of nitro groups is 1. The number of fused-ring (bicyclic) bond motifs is 1. The Morgan fingerprint density at radius 1 is 0.976 bits per heavy atom. The van der Waals surface area contributed by atoms with E-state index in [-0.39, 0.29) is 39.4 Å². The topological polar surface area (TPSA) is 205 Å². The standard InChI is InChI=1S/C25H19N9O7S/c35-20-17(13-14-3-1-2-4-18(14)40-20)19-31-32-25(41-19)42-24-29-21(27-22(30-24)33-9-11-39-12-10-33)28-23(36)26-15-5-7-16(8-6-15)34(37)38/h1-8,13H,9-12H2,(H2,26,27,28,29,30,36). The Kier molecular flexibility index (Phi) is 7.39. The van der Waals surface area contributed by atoms with Crippen LogP contribution in [0.25, 0.3) is 22.4 Å². The van der Waals surface area contributed by atoms with Gasteiger partial charge >= 0.3 is 11.7 Å². The average molecular weight is 590 g/mol. The molecule has 2 aromatic carbocycles. The highest BCUT2D eigenvalue weighted by Crippen LogP contribution is 2.29. The Morgan fingerprint density at radius 2 is 1.76 bits per heavy atom. The number of amides is 2. The highest BCUT2D eigenvalue weighted by molar-refractivity contribution is 7.98. The third kappa shape index (κ3) is 6.01. The van der Waals surface area contributed by atoms with Gasteiger partial charge in [-0.1, -0.05) is 18.2 Å². The number of morpholine rings is 1. The quantitative estimate of drug-likeness (QED) is 0.158. The first kappa shape index (κ1) is 26.8. The Bertz CT molecular complexity index is 1840. The molecule has 1 aliphatic rings. The molecule has 0 saturated carbocycles. The number of urea groups is 1. The molecular formula is C25H19N9O7S. The van der Waals surface area contributed by atoms with Crippen molar-refractivity contribution in [1.82, 2.24) is 25.1 Å². The number of aromatic nitrogens is 5. The second-order valence-corrected chi connectivity index (χ2v) is 9.60. The number of non-ortho nitro benzene ring substituents is 1. The maximum Gasteiger partial charge on any atom is 0.349 e. The van der Waals surface area contributed by atoms with Crippen molar-refractivity contribution in [3.05, 3.63) is 75.1 Å². The molecule has 2 N–H and O–H groups in total. The van der Waals surface area contributed by atoms with Gasteiger partial charge in [0, 0.05) is 48.1 Å². The van der Waals surface area contributed by atoms with Crippen LogP contribution in [0, 0.1) is 10.1 Å². The van der Waals surface area contributed by atoms with Gasteiger partial charge in [-0.2, -0.15) is 15.0 Å². The van der Waals surface area contributed by atoms with Gasteiger partial charge in [-0.15, -0.1) is 10.2 Å². The largest absolute Gasteiger partial charge is 0.422 e. The molecule has 5 aromatic rings. The lowest BCUT2D eigenvalue weighted by Crippen LogP contribution is -2.37. The van der Waals surface area contributed by atoms with E-state index >= 15 is 0 Å². The zero-order chi connectivity index (χ0) is 29.1. The van der Waals surface area contributed by atoms with Gasteiger partial charge < -0.3 is 23.8 Å². The summed E-state index contributed by atoms with van der Waals surface area (Å²) in [6, 6.07) is 13.3. The summed E-state index contributed by atoms with van der Waals surface area (Å²) in [4.78, 5) is 50.5. The molecule has 0 unspecified atom stereocenters. The molecule has 1 aliphatic heterocycles. The van der Waals surface area contributed by atoms with E-state index in [0.717, 1.165) is 11.8 Å². The molecule has 0 atom stereocenters. The predicted molar refractivity (Wildman–Crippen MR) is 148 cm³/mol. The first-order valence-electron chi connectivity index (χ1n) is 12.4. The van der Waals surface area contributed by atoms with Crippen LogP contribution in [0.5, 0.6) is 0 Å². The summed E-state index contributed by atoms with van der Waals surface area (Å²) in [6.45, 7) is 1.98. The molecule has 16 nitrogen and oxygen atoms in total. The Balaban J connectivity index is 1.24. The van der Waals surface area contributed by atoms with Crippen molar-refractivity contribution in [3.8, 4) is 11.5 Å². The van der Waals surface area contributed by atoms with Crippen molar-refractivity contribution in [2.45, 2.75) is 10.4 Å². The number of nitro benzene ring substituents is 1. The highest BCUT2D eigenvalue weighted by atomic mass is 32.2. The van der Waals surface area contributed by atoms with Gasteiger partial charge in [0.15, 0.2) is 0 Å². The van der Waals surface area contributed by atoms with Crippen LogP contribution in [-0.4, -0.2) is 62.4 Å². The van der Waals surface area contributed by atoms with E-state index in [9.17, 15) is 19.7 Å². The second-order valence-electron chi connectivity index (χ2n) is 8.68. The van der Waals surface area contributed by atoms with Gasteiger partial charge in [0.05, 0.1) is 18.1 Å². The number of nitrogens with zero attached hydrogens (tertiary/aromatic N) is 7. The zero-order valence-electron chi connectivity index (χ0n) is 21.4. The van der Waals surface area contributed by atoms with Gasteiger partial charge in [0.2, 0.25) is 17.1 Å². The summed E-state index contributed by atoms with van der Waals surface area (Å²) in [5, 5.41) is 24.8. The van der Waals surface area contributed by atoms with E-state index in [0.29, 0.717) is 43.0 Å². The monoisotopic (exact) mass is 589 g/mol. The molecule has 42 heavy (non-hydrogen) atoms. The SMILES string of the molecule is O=C(Nc1ccc([N+](=O)[O-])cc1)Nc1nc(Sc2nnc(-c3cc4ccccc4oc3=O)o2)nc(N2CCOCC2)n1. The van der Waals surface area contributed by atoms with E-state index in [4.69, 9.17) is 13.6 Å². The minimum absolute atomic E-state index is 0.0398. The van der Waals surface area contributed by atoms with Crippen LogP contribution < -0.4 is 21.2 Å². The fourth-order valence-electron chi connectivity index (χ4n) is 3.93. The summed E-state index contributed by atoms with van der Waals surface area (Å²) >= 11 is 0.912. The number of para-hydroxylation sites is 1. The number of ether oxygens (including phenoxy) is 1. The summed E-state index contributed by atoms with van der Waals surface area (Å²) in [5.41, 5.74) is 0.114. The van der Waals surface area contributed by atoms with E-state index in [1.807, 2.05) is 11.0 Å². The Labute approximate surface area is 239 Å². The number of hydrogen-bond donors (Lipinski definition) is 2. The first-order chi connectivity index (χ1) is 20.4. The Morgan fingerprint density at radius 3 is 2.55 bits per heavy atom. The number of carbonyl (C=O) groups excluding carboxylic acids is 1. The third-order valence-electron chi connectivity index (χ3n) is 5.92. The fourth-order valence-corrected chi connectivity index (χ4v) is 4.55. The maximum atomic E-state index is 12.7. The van der Waals surface area contributed by atoms with E-state index in [1.54, 1.807) is 24.3 Å². The number of anilines is 3. The van der Waals surface area contributed by atoms with E-state index < -0.39 is 16.6 Å². The summed E-state index contributed by atoms with van der Waals surface area (Å²) in [6.07, 6.45) is 0. The van der Waals surface area contributed by atoms with Gasteiger partial charge in [-0.25, -0.2) is 9.59 Å². The summed E-state index contributed by atoms with van der Waals surface area (Å²) in [5.74, 6) is 0.181.